The Morgan fingerprint density at radius 3 is 2.22 bits per heavy atom. The Hall–Kier alpha value is -2.21. The number of hydrogen-bond donors (Lipinski definition) is 2. The zero-order valence-electron chi connectivity index (χ0n) is 12.3. The monoisotopic (exact) mass is 319 g/mol. The Labute approximate surface area is 139 Å². The van der Waals surface area contributed by atoms with Crippen LogP contribution in [0.3, 0.4) is 0 Å². The van der Waals surface area contributed by atoms with Crippen molar-refractivity contribution in [1.29, 1.82) is 0 Å². The lowest BCUT2D eigenvalue weighted by atomic mass is 9.80. The number of anilines is 3. The Bertz CT molecular complexity index is 855. The van der Waals surface area contributed by atoms with Crippen LogP contribution in [-0.2, 0) is 0 Å². The molecule has 0 bridgehead atoms. The minimum Gasteiger partial charge on any atom is -0.423 e. The van der Waals surface area contributed by atoms with Crippen molar-refractivity contribution in [2.75, 3.05) is 4.90 Å². The molecule has 0 aromatic heterocycles. The van der Waals surface area contributed by atoms with Gasteiger partial charge in [-0.15, -0.1) is 0 Å². The molecule has 1 aliphatic rings. The fourth-order valence-electron chi connectivity index (χ4n) is 2.79. The lowest BCUT2D eigenvalue weighted by Gasteiger charge is -2.33. The number of rotatable bonds is 2. The summed E-state index contributed by atoms with van der Waals surface area (Å²) in [6.07, 6.45) is 0. The van der Waals surface area contributed by atoms with Gasteiger partial charge in [0.1, 0.15) is 0 Å². The largest absolute Gasteiger partial charge is 0.488 e. The maximum Gasteiger partial charge on any atom is 0.488 e. The molecular weight excluding hydrogens is 305 g/mol. The van der Waals surface area contributed by atoms with Gasteiger partial charge in [-0.25, -0.2) is 0 Å². The Morgan fingerprint density at radius 2 is 1.43 bits per heavy atom. The van der Waals surface area contributed by atoms with Crippen LogP contribution in [-0.4, -0.2) is 17.2 Å². The van der Waals surface area contributed by atoms with E-state index in [1.54, 1.807) is 17.8 Å². The van der Waals surface area contributed by atoms with E-state index in [-0.39, 0.29) is 0 Å². The summed E-state index contributed by atoms with van der Waals surface area (Å²) in [6.45, 7) is 0. The van der Waals surface area contributed by atoms with Crippen LogP contribution in [0.5, 0.6) is 0 Å². The molecule has 3 nitrogen and oxygen atoms in total. The topological polar surface area (TPSA) is 43.7 Å². The van der Waals surface area contributed by atoms with E-state index in [2.05, 4.69) is 29.2 Å². The smallest absolute Gasteiger partial charge is 0.423 e. The van der Waals surface area contributed by atoms with E-state index in [9.17, 15) is 10.0 Å². The molecule has 3 aromatic rings. The summed E-state index contributed by atoms with van der Waals surface area (Å²) in [5, 5.41) is 19.0. The van der Waals surface area contributed by atoms with E-state index < -0.39 is 7.12 Å². The number of fused-ring (bicyclic) bond motifs is 2. The van der Waals surface area contributed by atoms with Crippen molar-refractivity contribution in [1.82, 2.24) is 0 Å². The average Bonchev–Trinajstić information content (AvgIpc) is 2.59. The number of para-hydroxylation sites is 2. The van der Waals surface area contributed by atoms with Crippen LogP contribution in [0.2, 0.25) is 0 Å². The second-order valence-electron chi connectivity index (χ2n) is 5.34. The fourth-order valence-corrected chi connectivity index (χ4v) is 3.83. The van der Waals surface area contributed by atoms with Crippen molar-refractivity contribution in [3.63, 3.8) is 0 Å². The highest BCUT2D eigenvalue weighted by atomic mass is 32.2. The van der Waals surface area contributed by atoms with Crippen LogP contribution in [0, 0.1) is 0 Å². The number of hydrogen-bond acceptors (Lipinski definition) is 4. The summed E-state index contributed by atoms with van der Waals surface area (Å²) < 4.78 is 0. The van der Waals surface area contributed by atoms with E-state index in [4.69, 9.17) is 0 Å². The first-order valence-electron chi connectivity index (χ1n) is 7.36. The zero-order chi connectivity index (χ0) is 15.8. The van der Waals surface area contributed by atoms with Gasteiger partial charge in [0.2, 0.25) is 0 Å². The number of benzene rings is 3. The third kappa shape index (κ3) is 2.53. The molecule has 4 rings (SSSR count). The zero-order valence-corrected chi connectivity index (χ0v) is 13.1. The first-order valence-corrected chi connectivity index (χ1v) is 8.18. The summed E-state index contributed by atoms with van der Waals surface area (Å²) >= 11 is 1.70. The maximum absolute atomic E-state index is 9.51. The van der Waals surface area contributed by atoms with E-state index in [1.165, 1.54) is 4.90 Å². The van der Waals surface area contributed by atoms with Gasteiger partial charge in [0.05, 0.1) is 11.4 Å². The van der Waals surface area contributed by atoms with Crippen molar-refractivity contribution < 1.29 is 10.0 Å². The molecular formula is C18H14BNO2S. The van der Waals surface area contributed by atoms with Crippen molar-refractivity contribution in [2.24, 2.45) is 0 Å². The molecule has 0 fully saturated rings. The van der Waals surface area contributed by atoms with E-state index >= 15 is 0 Å². The van der Waals surface area contributed by atoms with Gasteiger partial charge in [0.25, 0.3) is 0 Å². The normalized spacial score (nSPS) is 12.5. The summed E-state index contributed by atoms with van der Waals surface area (Å²) in [4.78, 5) is 4.44. The second-order valence-corrected chi connectivity index (χ2v) is 6.43. The molecule has 2 N–H and O–H groups in total. The van der Waals surface area contributed by atoms with Gasteiger partial charge in [0.15, 0.2) is 0 Å². The lowest BCUT2D eigenvalue weighted by molar-refractivity contribution is 0.426. The summed E-state index contributed by atoms with van der Waals surface area (Å²) in [5.74, 6) is 0. The first-order chi connectivity index (χ1) is 11.2. The van der Waals surface area contributed by atoms with Gasteiger partial charge in [-0.3, -0.25) is 0 Å². The molecule has 0 atom stereocenters. The van der Waals surface area contributed by atoms with Crippen LogP contribution < -0.4 is 10.4 Å². The highest BCUT2D eigenvalue weighted by Crippen LogP contribution is 2.50. The number of nitrogens with zero attached hydrogens (tertiary/aromatic N) is 1. The quantitative estimate of drug-likeness (QED) is 0.557. The predicted octanol–water partition coefficient (Wildman–Crippen LogP) is 3.30. The molecule has 0 spiro atoms. The molecule has 5 heteroatoms. The van der Waals surface area contributed by atoms with Crippen molar-refractivity contribution >= 4 is 41.4 Å². The SMILES string of the molecule is OB(O)c1ccc2c(c1)N(c1ccccc1)c1ccccc1S2. The third-order valence-electron chi connectivity index (χ3n) is 3.86. The van der Waals surface area contributed by atoms with Gasteiger partial charge < -0.3 is 14.9 Å². The van der Waals surface area contributed by atoms with Crippen LogP contribution in [0.1, 0.15) is 0 Å². The minimum absolute atomic E-state index is 0.490. The molecule has 1 heterocycles. The standard InChI is InChI=1S/C18H14BNO2S/c21-19(22)13-10-11-18-16(12-13)20(14-6-2-1-3-7-14)15-8-4-5-9-17(15)23-18/h1-12,21-22H. The second kappa shape index (κ2) is 5.78. The molecule has 0 saturated heterocycles. The van der Waals surface area contributed by atoms with E-state index in [1.807, 2.05) is 42.5 Å². The van der Waals surface area contributed by atoms with E-state index in [0.29, 0.717) is 5.46 Å². The highest BCUT2D eigenvalue weighted by molar-refractivity contribution is 7.99. The average molecular weight is 319 g/mol. The summed E-state index contributed by atoms with van der Waals surface area (Å²) in [5.41, 5.74) is 3.60. The minimum atomic E-state index is -1.47. The van der Waals surface area contributed by atoms with Crippen molar-refractivity contribution in [3.8, 4) is 0 Å². The predicted molar refractivity (Wildman–Crippen MR) is 95.1 cm³/mol. The Kier molecular flexibility index (Phi) is 3.61. The van der Waals surface area contributed by atoms with Gasteiger partial charge in [-0.05, 0) is 41.9 Å². The van der Waals surface area contributed by atoms with Crippen LogP contribution >= 0.6 is 11.8 Å². The van der Waals surface area contributed by atoms with Gasteiger partial charge in [-0.1, -0.05) is 48.2 Å². The molecule has 1 aliphatic heterocycles. The molecule has 3 aromatic carbocycles. The molecule has 0 unspecified atom stereocenters. The van der Waals surface area contributed by atoms with Crippen molar-refractivity contribution in [2.45, 2.75) is 9.79 Å². The highest BCUT2D eigenvalue weighted by Gasteiger charge is 2.26. The molecule has 0 radical (unpaired) electrons. The van der Waals surface area contributed by atoms with Crippen LogP contribution in [0.25, 0.3) is 0 Å². The van der Waals surface area contributed by atoms with Gasteiger partial charge in [-0.2, -0.15) is 0 Å². The lowest BCUT2D eigenvalue weighted by Crippen LogP contribution is -2.30. The maximum atomic E-state index is 9.51. The van der Waals surface area contributed by atoms with Gasteiger partial charge in [0, 0.05) is 15.5 Å². The molecule has 0 saturated carbocycles. The first kappa shape index (κ1) is 14.4. The summed E-state index contributed by atoms with van der Waals surface area (Å²) in [6, 6.07) is 23.9. The Balaban J connectivity index is 1.95. The molecule has 0 aliphatic carbocycles. The fraction of sp³-hybridized carbons (Fsp3) is 0. The Morgan fingerprint density at radius 1 is 0.739 bits per heavy atom. The van der Waals surface area contributed by atoms with Crippen LogP contribution in [0.15, 0.2) is 82.6 Å². The third-order valence-corrected chi connectivity index (χ3v) is 4.99. The van der Waals surface area contributed by atoms with E-state index in [0.717, 1.165) is 22.0 Å². The van der Waals surface area contributed by atoms with Gasteiger partial charge >= 0.3 is 7.12 Å². The molecule has 0 amide bonds. The van der Waals surface area contributed by atoms with Crippen LogP contribution in [0.4, 0.5) is 17.1 Å². The molecule has 112 valence electrons. The van der Waals surface area contributed by atoms with Crippen molar-refractivity contribution in [3.05, 3.63) is 72.8 Å². The molecule has 23 heavy (non-hydrogen) atoms. The summed E-state index contributed by atoms with van der Waals surface area (Å²) in [7, 11) is -1.47.